The first-order chi connectivity index (χ1) is 7.72. The molecule has 0 radical (unpaired) electrons. The maximum Gasteiger partial charge on any atom is 0.384 e. The van der Waals surface area contributed by atoms with Gasteiger partial charge < -0.3 is 20.0 Å². The van der Waals surface area contributed by atoms with Gasteiger partial charge in [0.05, 0.1) is 0 Å². The van der Waals surface area contributed by atoms with Gasteiger partial charge in [0.15, 0.2) is 0 Å². The van der Waals surface area contributed by atoms with Crippen molar-refractivity contribution < 1.29 is 4.92 Å². The molecule has 1 unspecified atom stereocenters. The zero-order valence-corrected chi connectivity index (χ0v) is 9.35. The van der Waals surface area contributed by atoms with Gasteiger partial charge in [-0.05, 0) is 48.7 Å². The van der Waals surface area contributed by atoms with Gasteiger partial charge in [0.1, 0.15) is 5.69 Å². The summed E-state index contributed by atoms with van der Waals surface area (Å²) in [5.74, 6) is 0.640. The highest BCUT2D eigenvalue weighted by atomic mass is 16.6. The third kappa shape index (κ3) is 2.06. The van der Waals surface area contributed by atoms with E-state index in [1.54, 1.807) is 6.33 Å². The van der Waals surface area contributed by atoms with Crippen molar-refractivity contribution in [1.82, 2.24) is 14.9 Å². The van der Waals surface area contributed by atoms with Crippen LogP contribution in [-0.2, 0) is 13.0 Å². The number of nitrogens with zero attached hydrogens (tertiary/aromatic N) is 3. The van der Waals surface area contributed by atoms with Crippen LogP contribution in [0.2, 0.25) is 0 Å². The average molecular weight is 224 g/mol. The summed E-state index contributed by atoms with van der Waals surface area (Å²) in [6, 6.07) is 0. The average Bonchev–Trinajstić information content (AvgIpc) is 2.69. The molecule has 0 aromatic carbocycles. The van der Waals surface area contributed by atoms with E-state index in [0.717, 1.165) is 38.0 Å². The van der Waals surface area contributed by atoms with Crippen molar-refractivity contribution in [3.8, 4) is 0 Å². The SMILES string of the molecule is CNCCC1CCc2c([N+](=O)[O-])ncn2C1. The summed E-state index contributed by atoms with van der Waals surface area (Å²) in [5.41, 5.74) is 0.783. The standard InChI is InChI=1S/C10H16N4O2/c1-11-5-4-8-2-3-9-10(14(15)16)12-7-13(9)6-8/h7-8,11H,2-6H2,1H3. The Labute approximate surface area is 93.8 Å². The first kappa shape index (κ1) is 11.1. The molecule has 88 valence electrons. The Hall–Kier alpha value is -1.43. The van der Waals surface area contributed by atoms with Gasteiger partial charge in [-0.25, -0.2) is 0 Å². The minimum atomic E-state index is -0.389. The number of rotatable bonds is 4. The van der Waals surface area contributed by atoms with Crippen LogP contribution in [0.1, 0.15) is 18.5 Å². The quantitative estimate of drug-likeness (QED) is 0.610. The Morgan fingerprint density at radius 2 is 2.56 bits per heavy atom. The van der Waals surface area contributed by atoms with Gasteiger partial charge in [-0.3, -0.25) is 0 Å². The van der Waals surface area contributed by atoms with Crippen molar-refractivity contribution in [3.05, 3.63) is 22.1 Å². The topological polar surface area (TPSA) is 73.0 Å². The summed E-state index contributed by atoms with van der Waals surface area (Å²) in [4.78, 5) is 14.2. The van der Waals surface area contributed by atoms with Crippen molar-refractivity contribution in [1.29, 1.82) is 0 Å². The zero-order chi connectivity index (χ0) is 11.5. The molecule has 16 heavy (non-hydrogen) atoms. The van der Waals surface area contributed by atoms with E-state index in [0.29, 0.717) is 5.92 Å². The lowest BCUT2D eigenvalue weighted by Crippen LogP contribution is -2.23. The first-order valence-electron chi connectivity index (χ1n) is 5.55. The highest BCUT2D eigenvalue weighted by molar-refractivity contribution is 5.28. The summed E-state index contributed by atoms with van der Waals surface area (Å²) >= 11 is 0. The van der Waals surface area contributed by atoms with Crippen LogP contribution in [0.25, 0.3) is 0 Å². The Kier molecular flexibility index (Phi) is 3.19. The van der Waals surface area contributed by atoms with Crippen molar-refractivity contribution in [2.75, 3.05) is 13.6 Å². The summed E-state index contributed by atoms with van der Waals surface area (Å²) in [5, 5.41) is 13.8. The summed E-state index contributed by atoms with van der Waals surface area (Å²) in [6.07, 6.45) is 4.50. The van der Waals surface area contributed by atoms with Gasteiger partial charge in [0, 0.05) is 6.54 Å². The predicted molar refractivity (Wildman–Crippen MR) is 59.2 cm³/mol. The van der Waals surface area contributed by atoms with Gasteiger partial charge >= 0.3 is 5.82 Å². The highest BCUT2D eigenvalue weighted by Crippen LogP contribution is 2.27. The number of hydrogen-bond acceptors (Lipinski definition) is 4. The van der Waals surface area contributed by atoms with E-state index < -0.39 is 0 Å². The molecule has 2 heterocycles. The van der Waals surface area contributed by atoms with E-state index in [-0.39, 0.29) is 10.7 Å². The number of aromatic nitrogens is 2. The lowest BCUT2D eigenvalue weighted by molar-refractivity contribution is -0.390. The molecule has 6 heteroatoms. The molecule has 2 rings (SSSR count). The van der Waals surface area contributed by atoms with E-state index in [2.05, 4.69) is 10.3 Å². The Balaban J connectivity index is 2.08. The molecule has 0 fully saturated rings. The van der Waals surface area contributed by atoms with Crippen LogP contribution in [-0.4, -0.2) is 28.1 Å². The van der Waals surface area contributed by atoms with Crippen molar-refractivity contribution in [2.24, 2.45) is 5.92 Å². The van der Waals surface area contributed by atoms with E-state index >= 15 is 0 Å². The minimum absolute atomic E-state index is 0.0343. The molecule has 0 aliphatic carbocycles. The largest absolute Gasteiger partial charge is 0.384 e. The highest BCUT2D eigenvalue weighted by Gasteiger charge is 2.27. The maximum atomic E-state index is 10.7. The molecule has 0 saturated heterocycles. The normalized spacial score (nSPS) is 19.4. The fraction of sp³-hybridized carbons (Fsp3) is 0.700. The number of hydrogen-bond donors (Lipinski definition) is 1. The Bertz CT molecular complexity index is 388. The van der Waals surface area contributed by atoms with Crippen molar-refractivity contribution in [2.45, 2.75) is 25.8 Å². The fourth-order valence-electron chi connectivity index (χ4n) is 2.26. The molecule has 6 nitrogen and oxygen atoms in total. The monoisotopic (exact) mass is 224 g/mol. The van der Waals surface area contributed by atoms with Gasteiger partial charge in [0.2, 0.25) is 6.33 Å². The molecule has 1 aromatic heterocycles. The zero-order valence-electron chi connectivity index (χ0n) is 9.35. The number of imidazole rings is 1. The molecular weight excluding hydrogens is 208 g/mol. The van der Waals surface area contributed by atoms with Crippen LogP contribution in [0, 0.1) is 16.0 Å². The maximum absolute atomic E-state index is 10.7. The van der Waals surface area contributed by atoms with Crippen LogP contribution < -0.4 is 5.32 Å². The van der Waals surface area contributed by atoms with Crippen LogP contribution in [0.3, 0.4) is 0 Å². The lowest BCUT2D eigenvalue weighted by Gasteiger charge is -2.22. The first-order valence-corrected chi connectivity index (χ1v) is 5.55. The second-order valence-electron chi connectivity index (χ2n) is 4.22. The molecule has 1 aromatic rings. The molecule has 1 atom stereocenters. The van der Waals surface area contributed by atoms with Crippen LogP contribution >= 0.6 is 0 Å². The summed E-state index contributed by atoms with van der Waals surface area (Å²) < 4.78 is 1.93. The summed E-state index contributed by atoms with van der Waals surface area (Å²) in [6.45, 7) is 1.86. The summed E-state index contributed by atoms with van der Waals surface area (Å²) in [7, 11) is 1.94. The fourth-order valence-corrected chi connectivity index (χ4v) is 2.26. The molecule has 0 saturated carbocycles. The number of nitrogens with one attached hydrogen (secondary N) is 1. The van der Waals surface area contributed by atoms with Crippen LogP contribution in [0.15, 0.2) is 6.33 Å². The third-order valence-electron chi connectivity index (χ3n) is 3.14. The molecule has 0 bridgehead atoms. The van der Waals surface area contributed by atoms with Crippen molar-refractivity contribution in [3.63, 3.8) is 0 Å². The van der Waals surface area contributed by atoms with Gasteiger partial charge in [-0.15, -0.1) is 0 Å². The number of fused-ring (bicyclic) bond motifs is 1. The van der Waals surface area contributed by atoms with Crippen molar-refractivity contribution >= 4 is 5.82 Å². The Morgan fingerprint density at radius 3 is 3.25 bits per heavy atom. The van der Waals surface area contributed by atoms with Gasteiger partial charge in [-0.2, -0.15) is 0 Å². The molecule has 1 N–H and O–H groups in total. The molecule has 1 aliphatic heterocycles. The second kappa shape index (κ2) is 4.61. The van der Waals surface area contributed by atoms with E-state index in [1.807, 2.05) is 11.6 Å². The van der Waals surface area contributed by atoms with Gasteiger partial charge in [0.25, 0.3) is 0 Å². The third-order valence-corrected chi connectivity index (χ3v) is 3.14. The van der Waals surface area contributed by atoms with Gasteiger partial charge in [-0.1, -0.05) is 0 Å². The minimum Gasteiger partial charge on any atom is -0.358 e. The predicted octanol–water partition coefficient (Wildman–Crippen LogP) is 0.963. The smallest absolute Gasteiger partial charge is 0.358 e. The van der Waals surface area contributed by atoms with E-state index in [9.17, 15) is 10.1 Å². The Morgan fingerprint density at radius 1 is 1.75 bits per heavy atom. The van der Waals surface area contributed by atoms with Crippen LogP contribution in [0.5, 0.6) is 0 Å². The van der Waals surface area contributed by atoms with Crippen LogP contribution in [0.4, 0.5) is 5.82 Å². The molecule has 0 spiro atoms. The van der Waals surface area contributed by atoms with E-state index in [1.165, 1.54) is 0 Å². The van der Waals surface area contributed by atoms with E-state index in [4.69, 9.17) is 0 Å². The number of nitro groups is 1. The second-order valence-corrected chi connectivity index (χ2v) is 4.22. The molecular formula is C10H16N4O2. The molecule has 1 aliphatic rings. The lowest BCUT2D eigenvalue weighted by atomic mass is 9.95. The molecule has 0 amide bonds.